The number of amides is 1. The van der Waals surface area contributed by atoms with Crippen molar-refractivity contribution in [3.63, 3.8) is 0 Å². The van der Waals surface area contributed by atoms with E-state index in [9.17, 15) is 9.18 Å². The molecule has 2 rings (SSSR count). The molecule has 0 unspecified atom stereocenters. The van der Waals surface area contributed by atoms with E-state index in [1.807, 2.05) is 32.0 Å². The molecule has 0 saturated heterocycles. The van der Waals surface area contributed by atoms with Crippen molar-refractivity contribution in [1.82, 2.24) is 4.98 Å². The summed E-state index contributed by atoms with van der Waals surface area (Å²) >= 11 is 0. The number of ether oxygens (including phenoxy) is 1. The van der Waals surface area contributed by atoms with E-state index in [1.54, 1.807) is 6.20 Å². The molecule has 0 fully saturated rings. The van der Waals surface area contributed by atoms with Gasteiger partial charge in [-0.2, -0.15) is 0 Å². The summed E-state index contributed by atoms with van der Waals surface area (Å²) in [6.45, 7) is 3.74. The van der Waals surface area contributed by atoms with Gasteiger partial charge in [-0.3, -0.25) is 9.78 Å². The fourth-order valence-corrected chi connectivity index (χ4v) is 1.96. The minimum atomic E-state index is -0.420. The SMILES string of the molecule is CC(C)Oc1ccc(F)cc1NC(=O)CCc1ccccn1. The summed E-state index contributed by atoms with van der Waals surface area (Å²) in [6, 6.07) is 9.65. The number of halogens is 1. The van der Waals surface area contributed by atoms with Crippen LogP contribution in [-0.2, 0) is 11.2 Å². The van der Waals surface area contributed by atoms with Crippen LogP contribution < -0.4 is 10.1 Å². The number of carbonyl (C=O) groups is 1. The molecule has 116 valence electrons. The van der Waals surface area contributed by atoms with Crippen LogP contribution in [0.3, 0.4) is 0 Å². The van der Waals surface area contributed by atoms with E-state index < -0.39 is 5.82 Å². The number of carbonyl (C=O) groups excluding carboxylic acids is 1. The number of nitrogens with zero attached hydrogens (tertiary/aromatic N) is 1. The second-order valence-corrected chi connectivity index (χ2v) is 5.18. The number of benzene rings is 1. The molecule has 0 aliphatic rings. The first-order valence-electron chi connectivity index (χ1n) is 7.20. The molecule has 0 radical (unpaired) electrons. The molecule has 22 heavy (non-hydrogen) atoms. The minimum absolute atomic E-state index is 0.0605. The number of rotatable bonds is 6. The number of aromatic nitrogens is 1. The first-order valence-corrected chi connectivity index (χ1v) is 7.20. The lowest BCUT2D eigenvalue weighted by Crippen LogP contribution is -2.15. The van der Waals surface area contributed by atoms with Crippen molar-refractivity contribution >= 4 is 11.6 Å². The molecule has 1 aromatic heterocycles. The first-order chi connectivity index (χ1) is 10.5. The normalized spacial score (nSPS) is 10.5. The number of aryl methyl sites for hydroxylation is 1. The Morgan fingerprint density at radius 1 is 1.32 bits per heavy atom. The molecule has 0 aliphatic carbocycles. The predicted octanol–water partition coefficient (Wildman–Crippen LogP) is 3.58. The van der Waals surface area contributed by atoms with Gasteiger partial charge in [0.15, 0.2) is 0 Å². The molecule has 1 aromatic carbocycles. The summed E-state index contributed by atoms with van der Waals surface area (Å²) < 4.78 is 18.9. The quantitative estimate of drug-likeness (QED) is 0.887. The highest BCUT2D eigenvalue weighted by Gasteiger charge is 2.11. The smallest absolute Gasteiger partial charge is 0.224 e. The highest BCUT2D eigenvalue weighted by atomic mass is 19.1. The molecule has 0 saturated carbocycles. The molecule has 2 aromatic rings. The Morgan fingerprint density at radius 3 is 2.82 bits per heavy atom. The molecular weight excluding hydrogens is 283 g/mol. The Morgan fingerprint density at radius 2 is 2.14 bits per heavy atom. The largest absolute Gasteiger partial charge is 0.489 e. The van der Waals surface area contributed by atoms with E-state index in [0.29, 0.717) is 17.9 Å². The standard InChI is InChI=1S/C17H19FN2O2/c1-12(2)22-16-8-6-13(18)11-15(16)20-17(21)9-7-14-5-3-4-10-19-14/h3-6,8,10-12H,7,9H2,1-2H3,(H,20,21). The Balaban J connectivity index is 2.00. The third-order valence-electron chi connectivity index (χ3n) is 2.91. The van der Waals surface area contributed by atoms with Crippen molar-refractivity contribution in [2.75, 3.05) is 5.32 Å². The molecule has 1 amide bonds. The summed E-state index contributed by atoms with van der Waals surface area (Å²) in [6.07, 6.45) is 2.43. The van der Waals surface area contributed by atoms with Gasteiger partial charge in [-0.25, -0.2) is 4.39 Å². The molecule has 0 spiro atoms. The molecule has 0 aliphatic heterocycles. The van der Waals surface area contributed by atoms with Gasteiger partial charge in [0, 0.05) is 24.4 Å². The average molecular weight is 302 g/mol. The highest BCUT2D eigenvalue weighted by Crippen LogP contribution is 2.26. The van der Waals surface area contributed by atoms with Crippen LogP contribution >= 0.6 is 0 Å². The highest BCUT2D eigenvalue weighted by molar-refractivity contribution is 5.92. The number of nitrogens with one attached hydrogen (secondary N) is 1. The maximum Gasteiger partial charge on any atom is 0.224 e. The van der Waals surface area contributed by atoms with Crippen molar-refractivity contribution in [3.8, 4) is 5.75 Å². The van der Waals surface area contributed by atoms with Crippen LogP contribution in [0.1, 0.15) is 26.0 Å². The third kappa shape index (κ3) is 4.84. The van der Waals surface area contributed by atoms with Crippen LogP contribution in [0.2, 0.25) is 0 Å². The second kappa shape index (κ2) is 7.54. The van der Waals surface area contributed by atoms with Gasteiger partial charge < -0.3 is 10.1 Å². The molecule has 1 N–H and O–H groups in total. The van der Waals surface area contributed by atoms with Crippen LogP contribution in [-0.4, -0.2) is 17.0 Å². The lowest BCUT2D eigenvalue weighted by atomic mass is 10.2. The van der Waals surface area contributed by atoms with Gasteiger partial charge in [0.2, 0.25) is 5.91 Å². The lowest BCUT2D eigenvalue weighted by Gasteiger charge is -2.15. The van der Waals surface area contributed by atoms with Gasteiger partial charge in [-0.15, -0.1) is 0 Å². The van der Waals surface area contributed by atoms with Crippen LogP contribution in [0.25, 0.3) is 0 Å². The molecule has 0 bridgehead atoms. The van der Waals surface area contributed by atoms with E-state index in [0.717, 1.165) is 5.69 Å². The van der Waals surface area contributed by atoms with Crippen molar-refractivity contribution in [2.24, 2.45) is 0 Å². The number of hydrogen-bond acceptors (Lipinski definition) is 3. The molecular formula is C17H19FN2O2. The number of hydrogen-bond donors (Lipinski definition) is 1. The summed E-state index contributed by atoms with van der Waals surface area (Å²) in [4.78, 5) is 16.2. The van der Waals surface area contributed by atoms with Gasteiger partial charge in [0.1, 0.15) is 11.6 Å². The van der Waals surface area contributed by atoms with Crippen LogP contribution in [0.5, 0.6) is 5.75 Å². The van der Waals surface area contributed by atoms with Crippen LogP contribution in [0.15, 0.2) is 42.6 Å². The van der Waals surface area contributed by atoms with Crippen molar-refractivity contribution in [3.05, 3.63) is 54.1 Å². The maximum atomic E-state index is 13.4. The number of pyridine rings is 1. The third-order valence-corrected chi connectivity index (χ3v) is 2.91. The average Bonchev–Trinajstić information content (AvgIpc) is 2.49. The molecule has 1 heterocycles. The zero-order valence-electron chi connectivity index (χ0n) is 12.7. The van der Waals surface area contributed by atoms with Crippen molar-refractivity contribution < 1.29 is 13.9 Å². The van der Waals surface area contributed by atoms with E-state index >= 15 is 0 Å². The number of anilines is 1. The first kappa shape index (κ1) is 15.9. The van der Waals surface area contributed by atoms with E-state index in [2.05, 4.69) is 10.3 Å². The topological polar surface area (TPSA) is 51.2 Å². The maximum absolute atomic E-state index is 13.4. The molecule has 5 heteroatoms. The Labute approximate surface area is 129 Å². The van der Waals surface area contributed by atoms with E-state index in [4.69, 9.17) is 4.74 Å². The van der Waals surface area contributed by atoms with Gasteiger partial charge in [0.25, 0.3) is 0 Å². The van der Waals surface area contributed by atoms with Gasteiger partial charge >= 0.3 is 0 Å². The van der Waals surface area contributed by atoms with Crippen molar-refractivity contribution in [1.29, 1.82) is 0 Å². The van der Waals surface area contributed by atoms with Crippen molar-refractivity contribution in [2.45, 2.75) is 32.8 Å². The summed E-state index contributed by atoms with van der Waals surface area (Å²) in [5.41, 5.74) is 1.19. The zero-order chi connectivity index (χ0) is 15.9. The second-order valence-electron chi connectivity index (χ2n) is 5.18. The monoisotopic (exact) mass is 302 g/mol. The van der Waals surface area contributed by atoms with E-state index in [-0.39, 0.29) is 18.4 Å². The Hall–Kier alpha value is -2.43. The fourth-order valence-electron chi connectivity index (χ4n) is 1.96. The van der Waals surface area contributed by atoms with Gasteiger partial charge in [-0.1, -0.05) is 6.07 Å². The van der Waals surface area contributed by atoms with Gasteiger partial charge in [0.05, 0.1) is 11.8 Å². The zero-order valence-corrected chi connectivity index (χ0v) is 12.7. The van der Waals surface area contributed by atoms with Gasteiger partial charge in [-0.05, 0) is 44.5 Å². The Kier molecular flexibility index (Phi) is 5.47. The molecule has 0 atom stereocenters. The Bertz CT molecular complexity index is 630. The van der Waals surface area contributed by atoms with Crippen LogP contribution in [0, 0.1) is 5.82 Å². The summed E-state index contributed by atoms with van der Waals surface area (Å²) in [7, 11) is 0. The fraction of sp³-hybridized carbons (Fsp3) is 0.294. The summed E-state index contributed by atoms with van der Waals surface area (Å²) in [5, 5.41) is 2.70. The lowest BCUT2D eigenvalue weighted by molar-refractivity contribution is -0.116. The van der Waals surface area contributed by atoms with E-state index in [1.165, 1.54) is 18.2 Å². The molecule has 4 nitrogen and oxygen atoms in total. The van der Waals surface area contributed by atoms with Crippen LogP contribution in [0.4, 0.5) is 10.1 Å². The predicted molar refractivity (Wildman–Crippen MR) is 83.4 cm³/mol. The minimum Gasteiger partial charge on any atom is -0.489 e. The summed E-state index contributed by atoms with van der Waals surface area (Å²) in [5.74, 6) is -0.163.